The number of morpholine rings is 1. The SMILES string of the molecule is Nc1nc(N2CCC(N3C[C@H](Cn4cc(Cl)cn4)OC[C@@H]3Cc3ccc(Cl)cc3)CC2)n[nH]1. The van der Waals surface area contributed by atoms with Crippen molar-refractivity contribution in [2.24, 2.45) is 0 Å². The molecule has 176 valence electrons. The Labute approximate surface area is 202 Å². The van der Waals surface area contributed by atoms with Gasteiger partial charge in [-0.3, -0.25) is 9.58 Å². The predicted molar refractivity (Wildman–Crippen MR) is 129 cm³/mol. The lowest BCUT2D eigenvalue weighted by molar-refractivity contribution is -0.0883. The second-order valence-electron chi connectivity index (χ2n) is 8.76. The van der Waals surface area contributed by atoms with Gasteiger partial charge in [-0.2, -0.15) is 10.1 Å². The second kappa shape index (κ2) is 9.89. The minimum absolute atomic E-state index is 0.0632. The fraction of sp³-hybridized carbons (Fsp3) is 0.500. The molecule has 0 amide bonds. The van der Waals surface area contributed by atoms with Gasteiger partial charge in [0.25, 0.3) is 0 Å². The molecule has 9 nitrogen and oxygen atoms in total. The lowest BCUT2D eigenvalue weighted by Gasteiger charge is -2.46. The average Bonchev–Trinajstić information content (AvgIpc) is 3.44. The van der Waals surface area contributed by atoms with E-state index in [1.165, 1.54) is 5.56 Å². The van der Waals surface area contributed by atoms with Crippen LogP contribution in [-0.4, -0.2) is 74.3 Å². The first-order valence-electron chi connectivity index (χ1n) is 11.3. The van der Waals surface area contributed by atoms with Gasteiger partial charge in [0.15, 0.2) is 0 Å². The number of H-pyrrole nitrogens is 1. The number of nitrogens with zero attached hydrogens (tertiary/aromatic N) is 6. The molecule has 1 aromatic carbocycles. The van der Waals surface area contributed by atoms with Crippen LogP contribution in [0.3, 0.4) is 0 Å². The molecule has 2 saturated heterocycles. The van der Waals surface area contributed by atoms with Crippen LogP contribution in [0.25, 0.3) is 0 Å². The second-order valence-corrected chi connectivity index (χ2v) is 9.63. The summed E-state index contributed by atoms with van der Waals surface area (Å²) in [5, 5.41) is 12.7. The number of nitrogens with one attached hydrogen (secondary N) is 1. The van der Waals surface area contributed by atoms with E-state index in [2.05, 4.69) is 42.2 Å². The molecule has 0 saturated carbocycles. The summed E-state index contributed by atoms with van der Waals surface area (Å²) in [6.45, 7) is 4.01. The number of ether oxygens (including phenoxy) is 1. The summed E-state index contributed by atoms with van der Waals surface area (Å²) >= 11 is 12.1. The third-order valence-corrected chi connectivity index (χ3v) is 6.94. The van der Waals surface area contributed by atoms with E-state index in [1.54, 1.807) is 6.20 Å². The standard InChI is InChI=1S/C22H28Cl2N8O/c23-16-3-1-15(2-4-16)9-19-14-33-20(12-31-11-17(24)10-26-31)13-32(19)18-5-7-30(8-6-18)22-27-21(25)28-29-22/h1-4,10-11,18-20H,5-9,12-14H2,(H3,25,27,28,29)/t19-,20-/m0/s1. The van der Waals surface area contributed by atoms with Crippen LogP contribution in [0.1, 0.15) is 18.4 Å². The van der Waals surface area contributed by atoms with E-state index in [-0.39, 0.29) is 6.10 Å². The highest BCUT2D eigenvalue weighted by molar-refractivity contribution is 6.30. The van der Waals surface area contributed by atoms with E-state index in [0.717, 1.165) is 43.9 Å². The molecule has 0 spiro atoms. The third kappa shape index (κ3) is 5.43. The van der Waals surface area contributed by atoms with Crippen molar-refractivity contribution in [1.29, 1.82) is 0 Å². The number of nitrogen functional groups attached to an aromatic ring is 1. The van der Waals surface area contributed by atoms with Crippen molar-refractivity contribution < 1.29 is 4.74 Å². The van der Waals surface area contributed by atoms with Gasteiger partial charge in [-0.05, 0) is 37.0 Å². The lowest BCUT2D eigenvalue weighted by atomic mass is 9.96. The Bertz CT molecular complexity index is 1050. The molecule has 2 fully saturated rings. The number of piperidine rings is 1. The molecule has 3 N–H and O–H groups in total. The molecule has 0 radical (unpaired) electrons. The smallest absolute Gasteiger partial charge is 0.246 e. The van der Waals surface area contributed by atoms with Gasteiger partial charge in [-0.25, -0.2) is 5.10 Å². The Morgan fingerprint density at radius 2 is 1.91 bits per heavy atom. The number of aromatic amines is 1. The molecule has 0 bridgehead atoms. The minimum Gasteiger partial charge on any atom is -0.373 e. The molecule has 11 heteroatoms. The van der Waals surface area contributed by atoms with E-state index in [0.29, 0.717) is 42.2 Å². The van der Waals surface area contributed by atoms with Crippen LogP contribution in [-0.2, 0) is 17.7 Å². The van der Waals surface area contributed by atoms with Crippen LogP contribution in [0.5, 0.6) is 0 Å². The van der Waals surface area contributed by atoms with Crippen LogP contribution in [0.15, 0.2) is 36.7 Å². The first kappa shape index (κ1) is 22.5. The topological polar surface area (TPSA) is 101 Å². The number of benzene rings is 1. The highest BCUT2D eigenvalue weighted by Gasteiger charge is 2.36. The van der Waals surface area contributed by atoms with Crippen LogP contribution in [0.4, 0.5) is 11.9 Å². The lowest BCUT2D eigenvalue weighted by Crippen LogP contribution is -2.57. The number of rotatable bonds is 6. The summed E-state index contributed by atoms with van der Waals surface area (Å²) in [5.41, 5.74) is 6.98. The summed E-state index contributed by atoms with van der Waals surface area (Å²) in [4.78, 5) is 9.11. The highest BCUT2D eigenvalue weighted by atomic mass is 35.5. The normalized spacial score (nSPS) is 22.7. The van der Waals surface area contributed by atoms with Crippen molar-refractivity contribution in [2.75, 3.05) is 36.9 Å². The van der Waals surface area contributed by atoms with Gasteiger partial charge in [0.2, 0.25) is 11.9 Å². The van der Waals surface area contributed by atoms with Crippen molar-refractivity contribution in [3.63, 3.8) is 0 Å². The Morgan fingerprint density at radius 1 is 1.12 bits per heavy atom. The highest BCUT2D eigenvalue weighted by Crippen LogP contribution is 2.27. The number of hydrogen-bond donors (Lipinski definition) is 2. The number of hydrogen-bond acceptors (Lipinski definition) is 7. The molecule has 2 aliphatic rings. The molecule has 0 unspecified atom stereocenters. The van der Waals surface area contributed by atoms with E-state index >= 15 is 0 Å². The Balaban J connectivity index is 1.28. The summed E-state index contributed by atoms with van der Waals surface area (Å²) in [6.07, 6.45) is 6.56. The van der Waals surface area contributed by atoms with E-state index < -0.39 is 0 Å². The van der Waals surface area contributed by atoms with E-state index in [1.807, 2.05) is 23.0 Å². The maximum atomic E-state index is 6.29. The van der Waals surface area contributed by atoms with Crippen molar-refractivity contribution in [3.8, 4) is 0 Å². The zero-order chi connectivity index (χ0) is 22.8. The van der Waals surface area contributed by atoms with Gasteiger partial charge in [0, 0.05) is 42.9 Å². The molecular formula is C22H28Cl2N8O. The van der Waals surface area contributed by atoms with Crippen LogP contribution >= 0.6 is 23.2 Å². The average molecular weight is 491 g/mol. The molecule has 0 aliphatic carbocycles. The zero-order valence-corrected chi connectivity index (χ0v) is 19.8. The number of halogens is 2. The quantitative estimate of drug-likeness (QED) is 0.547. The summed E-state index contributed by atoms with van der Waals surface area (Å²) in [6, 6.07) is 8.89. The fourth-order valence-electron chi connectivity index (χ4n) is 4.86. The Morgan fingerprint density at radius 3 is 2.58 bits per heavy atom. The predicted octanol–water partition coefficient (Wildman–Crippen LogP) is 2.87. The van der Waals surface area contributed by atoms with Crippen molar-refractivity contribution >= 4 is 35.1 Å². The first-order valence-corrected chi connectivity index (χ1v) is 12.0. The third-order valence-electron chi connectivity index (χ3n) is 6.49. The molecule has 2 aromatic heterocycles. The molecular weight excluding hydrogens is 463 g/mol. The minimum atomic E-state index is 0.0632. The van der Waals surface area contributed by atoms with Gasteiger partial charge >= 0.3 is 0 Å². The van der Waals surface area contributed by atoms with Gasteiger partial charge in [0.1, 0.15) is 0 Å². The molecule has 33 heavy (non-hydrogen) atoms. The zero-order valence-electron chi connectivity index (χ0n) is 18.3. The summed E-state index contributed by atoms with van der Waals surface area (Å²) < 4.78 is 8.16. The van der Waals surface area contributed by atoms with Gasteiger partial charge < -0.3 is 15.4 Å². The van der Waals surface area contributed by atoms with Crippen molar-refractivity contribution in [1.82, 2.24) is 29.9 Å². The van der Waals surface area contributed by atoms with Crippen LogP contribution in [0.2, 0.25) is 10.0 Å². The number of nitrogens with two attached hydrogens (primary N) is 1. The Hall–Kier alpha value is -2.33. The van der Waals surface area contributed by atoms with Crippen LogP contribution in [0, 0.1) is 0 Å². The molecule has 3 aromatic rings. The largest absolute Gasteiger partial charge is 0.373 e. The summed E-state index contributed by atoms with van der Waals surface area (Å²) in [5.74, 6) is 1.03. The Kier molecular flexibility index (Phi) is 6.73. The fourth-order valence-corrected chi connectivity index (χ4v) is 5.14. The van der Waals surface area contributed by atoms with E-state index in [4.69, 9.17) is 33.7 Å². The number of anilines is 2. The maximum Gasteiger partial charge on any atom is 0.246 e. The summed E-state index contributed by atoms with van der Waals surface area (Å²) in [7, 11) is 0. The van der Waals surface area contributed by atoms with Crippen molar-refractivity contribution in [2.45, 2.75) is 44.0 Å². The van der Waals surface area contributed by atoms with Gasteiger partial charge in [-0.15, -0.1) is 5.10 Å². The van der Waals surface area contributed by atoms with Crippen molar-refractivity contribution in [3.05, 3.63) is 52.3 Å². The van der Waals surface area contributed by atoms with Gasteiger partial charge in [0.05, 0.1) is 30.5 Å². The van der Waals surface area contributed by atoms with Gasteiger partial charge in [-0.1, -0.05) is 35.3 Å². The van der Waals surface area contributed by atoms with E-state index in [9.17, 15) is 0 Å². The molecule has 2 atom stereocenters. The maximum absolute atomic E-state index is 6.29. The van der Waals surface area contributed by atoms with Crippen LogP contribution < -0.4 is 10.6 Å². The molecule has 4 heterocycles. The molecule has 5 rings (SSSR count). The first-order chi connectivity index (χ1) is 16.0. The number of aromatic nitrogens is 5. The monoisotopic (exact) mass is 490 g/mol. The molecule has 2 aliphatic heterocycles.